The smallest absolute Gasteiger partial charge is 0.188 e. The number of phenols is 1. The lowest BCUT2D eigenvalue weighted by Crippen LogP contribution is -2.05. The Balaban J connectivity index is 0.000000606. The number of methoxy groups -OCH3 is 3. The van der Waals surface area contributed by atoms with E-state index in [1.165, 1.54) is 27.4 Å². The van der Waals surface area contributed by atoms with Crippen LogP contribution in [0.1, 0.15) is 20.7 Å². The summed E-state index contributed by atoms with van der Waals surface area (Å²) in [7, 11) is 4.49. The molecule has 0 aromatic heterocycles. The number of rotatable bonds is 16. The second kappa shape index (κ2) is 26.0. The molecule has 22 heteroatoms. The topological polar surface area (TPSA) is 270 Å². The lowest BCUT2D eigenvalue weighted by molar-refractivity contribution is 0.0449. The normalized spacial score (nSPS) is 10.9. The van der Waals surface area contributed by atoms with Crippen LogP contribution in [0.25, 0.3) is 0 Å². The van der Waals surface area contributed by atoms with E-state index in [-0.39, 0.29) is 31.7 Å². The number of nitrogens with one attached hydrogen (secondary N) is 1. The number of carbonyl (C=O) groups excluding carboxylic acids is 2. The highest BCUT2D eigenvalue weighted by molar-refractivity contribution is 6.13. The largest absolute Gasteiger partial charge is 0.507 e. The maximum Gasteiger partial charge on any atom is 0.188 e. The van der Waals surface area contributed by atoms with Crippen LogP contribution >= 0.6 is 11.8 Å². The molecule has 2 rings (SSSR count). The standard InChI is InChI=1S/C11H14O5.C9H10O4.ClHN12/c1-13-7-15-10-4-3-5-11(9(10)6-12)16-8-14-2;1-12-6-13-9-4-2-3-8(11)7(9)5-10;1-3-5-7-9-11-13-12-10-8-6-4-2/h3-6H,7-8H2,1-2H3;2-5,11H,6H2,1H3;2H/b;;4-2?,5-3?,8-6+,9-7+,12-10+,13-11+. The predicted molar refractivity (Wildman–Crippen MR) is 138 cm³/mol. The van der Waals surface area contributed by atoms with E-state index in [0.717, 1.165) is 0 Å². The molecule has 0 fully saturated rings. The molecule has 0 atom stereocenters. The number of hydrogen-bond acceptors (Lipinski definition) is 11. The summed E-state index contributed by atoms with van der Waals surface area (Å²) in [5.74, 6) is 1.07. The van der Waals surface area contributed by atoms with Gasteiger partial charge in [0.25, 0.3) is 0 Å². The third kappa shape index (κ3) is 16.7. The minimum absolute atomic E-state index is 0.0459. The van der Waals surface area contributed by atoms with Crippen LogP contribution in [0.5, 0.6) is 23.0 Å². The molecule has 2 N–H and O–H groups in total. The number of phenolic OH excluding ortho intramolecular Hbond substituents is 1. The highest BCUT2D eigenvalue weighted by Gasteiger charge is 2.10. The van der Waals surface area contributed by atoms with Crippen LogP contribution in [0, 0.1) is 5.53 Å². The van der Waals surface area contributed by atoms with Crippen LogP contribution in [0.3, 0.4) is 0 Å². The first-order valence-corrected chi connectivity index (χ1v) is 11.1. The number of hydrogen-bond donors (Lipinski definition) is 2. The van der Waals surface area contributed by atoms with Crippen molar-refractivity contribution in [1.82, 2.24) is 0 Å². The molecule has 2 aromatic rings. The average Bonchev–Trinajstić information content (AvgIpc) is 3.01. The van der Waals surface area contributed by atoms with E-state index in [1.807, 2.05) is 0 Å². The van der Waals surface area contributed by atoms with E-state index in [1.54, 1.807) is 30.3 Å². The Morgan fingerprint density at radius 2 is 1.05 bits per heavy atom. The molecular weight excluding hydrogens is 588 g/mol. The molecular formula is C20H25ClN12O9. The summed E-state index contributed by atoms with van der Waals surface area (Å²) in [4.78, 5) is 21.5. The number of ether oxygens (including phenoxy) is 6. The zero-order valence-corrected chi connectivity index (χ0v) is 23.0. The molecule has 0 amide bonds. The molecule has 0 spiro atoms. The molecule has 0 unspecified atom stereocenters. The third-order valence-electron chi connectivity index (χ3n) is 3.70. The van der Waals surface area contributed by atoms with Crippen molar-refractivity contribution in [1.29, 1.82) is 5.53 Å². The minimum Gasteiger partial charge on any atom is -0.507 e. The van der Waals surface area contributed by atoms with Crippen molar-refractivity contribution in [2.75, 3.05) is 41.7 Å². The average molecular weight is 613 g/mol. The van der Waals surface area contributed by atoms with Crippen molar-refractivity contribution in [2.24, 2.45) is 56.9 Å². The molecule has 21 nitrogen and oxygen atoms in total. The van der Waals surface area contributed by atoms with Gasteiger partial charge in [0.15, 0.2) is 33.0 Å². The molecule has 0 aliphatic rings. The van der Waals surface area contributed by atoms with E-state index in [9.17, 15) is 14.7 Å². The van der Waals surface area contributed by atoms with Gasteiger partial charge in [-0.3, -0.25) is 9.59 Å². The fraction of sp³-hybridized carbons (Fsp3) is 0.300. The van der Waals surface area contributed by atoms with Gasteiger partial charge < -0.3 is 33.5 Å². The van der Waals surface area contributed by atoms with E-state index in [0.29, 0.717) is 35.4 Å². The van der Waals surface area contributed by atoms with Crippen molar-refractivity contribution in [3.63, 3.8) is 0 Å². The first kappa shape index (κ1) is 36.8. The van der Waals surface area contributed by atoms with Crippen LogP contribution in [0.4, 0.5) is 0 Å². The second-order valence-electron chi connectivity index (χ2n) is 6.23. The van der Waals surface area contributed by atoms with Crippen molar-refractivity contribution < 1.29 is 43.1 Å². The number of nitrogens with zero attached hydrogens (tertiary/aromatic N) is 11. The quantitative estimate of drug-likeness (QED) is 0.102. The van der Waals surface area contributed by atoms with Gasteiger partial charge in [0.05, 0.1) is 22.9 Å². The zero-order chi connectivity index (χ0) is 31.3. The van der Waals surface area contributed by atoms with E-state index in [2.05, 4.69) is 61.6 Å². The Morgan fingerprint density at radius 1 is 0.667 bits per heavy atom. The SMILES string of the molecule is COCOc1cccc(O)c1C=O.COCOc1cccc(OCOC)c1C=O.N=N/N=N/N=N/N=N/N=N/N=NCl. The highest BCUT2D eigenvalue weighted by atomic mass is 35.5. The predicted octanol–water partition coefficient (Wildman–Crippen LogP) is 5.66. The third-order valence-corrected chi connectivity index (χ3v) is 3.77. The molecule has 0 saturated carbocycles. The van der Waals surface area contributed by atoms with Crippen LogP contribution < -0.4 is 14.2 Å². The molecule has 42 heavy (non-hydrogen) atoms. The van der Waals surface area contributed by atoms with Gasteiger partial charge in [-0.1, -0.05) is 16.8 Å². The lowest BCUT2D eigenvalue weighted by Gasteiger charge is -2.11. The zero-order valence-electron chi connectivity index (χ0n) is 22.3. The Bertz CT molecular complexity index is 1190. The van der Waals surface area contributed by atoms with Gasteiger partial charge in [0.1, 0.15) is 23.0 Å². The fourth-order valence-corrected chi connectivity index (χ4v) is 2.23. The summed E-state index contributed by atoms with van der Waals surface area (Å²) >= 11 is 4.73. The van der Waals surface area contributed by atoms with Crippen molar-refractivity contribution >= 4 is 24.3 Å². The summed E-state index contributed by atoms with van der Waals surface area (Å²) in [6, 6.07) is 9.66. The summed E-state index contributed by atoms with van der Waals surface area (Å²) in [6.07, 6.45) is 1.22. The monoisotopic (exact) mass is 612 g/mol. The maximum absolute atomic E-state index is 10.9. The maximum atomic E-state index is 10.9. The van der Waals surface area contributed by atoms with Gasteiger partial charge in [0.2, 0.25) is 0 Å². The first-order valence-electron chi connectivity index (χ1n) is 10.7. The Hall–Kier alpha value is -5.25. The van der Waals surface area contributed by atoms with Crippen LogP contribution in [0.2, 0.25) is 0 Å². The number of carbonyl (C=O) groups is 2. The van der Waals surface area contributed by atoms with Crippen LogP contribution in [-0.4, -0.2) is 59.4 Å². The molecule has 226 valence electrons. The second-order valence-corrected chi connectivity index (χ2v) is 6.38. The number of halogens is 1. The van der Waals surface area contributed by atoms with Gasteiger partial charge in [-0.05, 0) is 76.5 Å². The summed E-state index contributed by atoms with van der Waals surface area (Å²) < 4.78 is 32.4. The van der Waals surface area contributed by atoms with Crippen molar-refractivity contribution in [2.45, 2.75) is 0 Å². The highest BCUT2D eigenvalue weighted by Crippen LogP contribution is 2.27. The number of aromatic hydroxyl groups is 1. The Kier molecular flexibility index (Phi) is 22.7. The van der Waals surface area contributed by atoms with Crippen LogP contribution in [0.15, 0.2) is 93.3 Å². The van der Waals surface area contributed by atoms with E-state index in [4.69, 9.17) is 41.0 Å². The molecule has 0 heterocycles. The van der Waals surface area contributed by atoms with Crippen molar-refractivity contribution in [3.05, 3.63) is 47.5 Å². The van der Waals surface area contributed by atoms with Crippen molar-refractivity contribution in [3.8, 4) is 23.0 Å². The Labute approximate surface area is 242 Å². The molecule has 2 aromatic carbocycles. The number of aldehydes is 2. The summed E-state index contributed by atoms with van der Waals surface area (Å²) in [6.45, 7) is 0.202. The summed E-state index contributed by atoms with van der Waals surface area (Å²) in [5.41, 5.74) is 6.62. The molecule has 0 aliphatic carbocycles. The van der Waals surface area contributed by atoms with Crippen LogP contribution in [-0.2, 0) is 14.2 Å². The van der Waals surface area contributed by atoms with Gasteiger partial charge in [0, 0.05) is 21.3 Å². The minimum atomic E-state index is -0.0939. The first-order chi connectivity index (χ1) is 20.5. The molecule has 0 aliphatic heterocycles. The van der Waals surface area contributed by atoms with Gasteiger partial charge in [-0.15, -0.1) is 0 Å². The molecule has 0 saturated heterocycles. The fourth-order valence-electron chi connectivity index (χ4n) is 2.20. The summed E-state index contributed by atoms with van der Waals surface area (Å²) in [5, 5.41) is 37.8. The van der Waals surface area contributed by atoms with E-state index >= 15 is 0 Å². The van der Waals surface area contributed by atoms with E-state index < -0.39 is 0 Å². The van der Waals surface area contributed by atoms with Gasteiger partial charge in [-0.2, -0.15) is 5.53 Å². The Morgan fingerprint density at radius 3 is 1.43 bits per heavy atom. The van der Waals surface area contributed by atoms with Gasteiger partial charge in [-0.25, -0.2) is 0 Å². The molecule has 0 radical (unpaired) electrons. The molecule has 0 bridgehead atoms. The van der Waals surface area contributed by atoms with Gasteiger partial charge >= 0.3 is 0 Å². The number of benzene rings is 2. The lowest BCUT2D eigenvalue weighted by atomic mass is 10.2.